The van der Waals surface area contributed by atoms with E-state index in [1.54, 1.807) is 17.0 Å². The molecule has 122 valence electrons. The maximum Gasteiger partial charge on any atom is 0.410 e. The summed E-state index contributed by atoms with van der Waals surface area (Å²) in [6.45, 7) is 7.59. The van der Waals surface area contributed by atoms with Gasteiger partial charge in [0.15, 0.2) is 0 Å². The van der Waals surface area contributed by atoms with Crippen LogP contribution >= 0.6 is 23.2 Å². The molecule has 2 rings (SSSR count). The minimum absolute atomic E-state index is 0.136. The maximum absolute atomic E-state index is 12.2. The first-order valence-corrected chi connectivity index (χ1v) is 8.15. The summed E-state index contributed by atoms with van der Waals surface area (Å²) in [5.74, 6) is 0. The molecule has 6 heteroatoms. The molecule has 0 saturated carbocycles. The normalized spacial score (nSPS) is 19.1. The Bertz CT molecular complexity index is 543. The summed E-state index contributed by atoms with van der Waals surface area (Å²) >= 11 is 12.2. The van der Waals surface area contributed by atoms with Gasteiger partial charge in [-0.2, -0.15) is 0 Å². The number of nitrogens with zero attached hydrogens (tertiary/aromatic N) is 1. The summed E-state index contributed by atoms with van der Waals surface area (Å²) in [6, 6.07) is 5.58. The van der Waals surface area contributed by atoms with Gasteiger partial charge in [0.05, 0.1) is 0 Å². The number of carbonyl (C=O) groups excluding carboxylic acids is 1. The van der Waals surface area contributed by atoms with Crippen LogP contribution in [0.2, 0.25) is 10.0 Å². The summed E-state index contributed by atoms with van der Waals surface area (Å²) in [5, 5.41) is 4.77. The van der Waals surface area contributed by atoms with E-state index in [1.807, 2.05) is 26.8 Å². The first-order chi connectivity index (χ1) is 10.2. The third-order valence-electron chi connectivity index (χ3n) is 3.38. The minimum Gasteiger partial charge on any atom is -0.444 e. The van der Waals surface area contributed by atoms with Crippen molar-refractivity contribution in [2.45, 2.75) is 38.8 Å². The Morgan fingerprint density at radius 2 is 2.14 bits per heavy atom. The van der Waals surface area contributed by atoms with E-state index in [9.17, 15) is 4.79 Å². The molecular formula is C16H22Cl2N2O2. The molecule has 1 aromatic rings. The zero-order valence-corrected chi connectivity index (χ0v) is 14.7. The lowest BCUT2D eigenvalue weighted by atomic mass is 10.0. The van der Waals surface area contributed by atoms with Crippen LogP contribution in [0.4, 0.5) is 4.79 Å². The largest absolute Gasteiger partial charge is 0.444 e. The van der Waals surface area contributed by atoms with E-state index >= 15 is 0 Å². The molecule has 22 heavy (non-hydrogen) atoms. The average Bonchev–Trinajstić information content (AvgIpc) is 2.41. The summed E-state index contributed by atoms with van der Waals surface area (Å²) in [5.41, 5.74) is 0.506. The average molecular weight is 345 g/mol. The quantitative estimate of drug-likeness (QED) is 0.888. The Balaban J connectivity index is 1.98. The Morgan fingerprint density at radius 3 is 2.82 bits per heavy atom. The van der Waals surface area contributed by atoms with Crippen molar-refractivity contribution in [2.24, 2.45) is 0 Å². The standard InChI is InChI=1S/C16H22Cl2N2O2/c1-16(2,3)22-15(21)20-7-6-19-13(10-20)9-11-8-12(17)4-5-14(11)18/h4-5,8,13,19H,6-7,9-10H2,1-3H3. The molecule has 1 N–H and O–H groups in total. The van der Waals surface area contributed by atoms with Gasteiger partial charge in [0.25, 0.3) is 0 Å². The molecule has 0 aliphatic carbocycles. The molecule has 1 aromatic carbocycles. The van der Waals surface area contributed by atoms with Crippen LogP contribution < -0.4 is 5.32 Å². The lowest BCUT2D eigenvalue weighted by Gasteiger charge is -2.35. The Labute approximate surface area is 141 Å². The van der Waals surface area contributed by atoms with E-state index in [2.05, 4.69) is 5.32 Å². The first-order valence-electron chi connectivity index (χ1n) is 7.40. The smallest absolute Gasteiger partial charge is 0.410 e. The number of hydrogen-bond donors (Lipinski definition) is 1. The van der Waals surface area contributed by atoms with E-state index in [0.717, 1.165) is 18.5 Å². The zero-order chi connectivity index (χ0) is 16.3. The van der Waals surface area contributed by atoms with E-state index < -0.39 is 5.60 Å². The summed E-state index contributed by atoms with van der Waals surface area (Å²) in [6.07, 6.45) is 0.454. The summed E-state index contributed by atoms with van der Waals surface area (Å²) in [7, 11) is 0. The van der Waals surface area contributed by atoms with Gasteiger partial charge in [-0.15, -0.1) is 0 Å². The van der Waals surface area contributed by atoms with Gasteiger partial charge >= 0.3 is 6.09 Å². The highest BCUT2D eigenvalue weighted by Crippen LogP contribution is 2.22. The number of carbonyl (C=O) groups is 1. The molecule has 1 atom stereocenters. The second kappa shape index (κ2) is 7.07. The monoisotopic (exact) mass is 344 g/mol. The highest BCUT2D eigenvalue weighted by molar-refractivity contribution is 6.33. The fourth-order valence-corrected chi connectivity index (χ4v) is 2.81. The number of nitrogens with one attached hydrogen (secondary N) is 1. The molecule has 1 unspecified atom stereocenters. The number of rotatable bonds is 2. The van der Waals surface area contributed by atoms with Gasteiger partial charge in [0, 0.05) is 35.7 Å². The number of ether oxygens (including phenoxy) is 1. The van der Waals surface area contributed by atoms with E-state index in [-0.39, 0.29) is 12.1 Å². The third kappa shape index (κ3) is 5.04. The minimum atomic E-state index is -0.478. The van der Waals surface area contributed by atoms with Gasteiger partial charge in [-0.05, 0) is 51.0 Å². The second-order valence-electron chi connectivity index (χ2n) is 6.52. The van der Waals surface area contributed by atoms with Crippen molar-refractivity contribution in [1.29, 1.82) is 0 Å². The number of benzene rings is 1. The molecule has 1 aliphatic rings. The predicted octanol–water partition coefficient (Wildman–Crippen LogP) is 3.74. The van der Waals surface area contributed by atoms with Crippen molar-refractivity contribution in [3.8, 4) is 0 Å². The third-order valence-corrected chi connectivity index (χ3v) is 3.99. The molecule has 1 fully saturated rings. The number of amides is 1. The van der Waals surface area contributed by atoms with Crippen LogP contribution in [0.5, 0.6) is 0 Å². The molecular weight excluding hydrogens is 323 g/mol. The lowest BCUT2D eigenvalue weighted by molar-refractivity contribution is 0.0195. The molecule has 0 aromatic heterocycles. The molecule has 0 radical (unpaired) electrons. The van der Waals surface area contributed by atoms with E-state index in [4.69, 9.17) is 27.9 Å². The lowest BCUT2D eigenvalue weighted by Crippen LogP contribution is -2.54. The van der Waals surface area contributed by atoms with Gasteiger partial charge in [-0.3, -0.25) is 0 Å². The topological polar surface area (TPSA) is 41.6 Å². The maximum atomic E-state index is 12.2. The van der Waals surface area contributed by atoms with Gasteiger partial charge in [0.1, 0.15) is 5.60 Å². The Kier molecular flexibility index (Phi) is 5.59. The number of hydrogen-bond acceptors (Lipinski definition) is 3. The zero-order valence-electron chi connectivity index (χ0n) is 13.2. The van der Waals surface area contributed by atoms with Crippen LogP contribution in [-0.2, 0) is 11.2 Å². The van der Waals surface area contributed by atoms with Crippen LogP contribution in [0.1, 0.15) is 26.3 Å². The fourth-order valence-electron chi connectivity index (χ4n) is 2.42. The van der Waals surface area contributed by atoms with Crippen molar-refractivity contribution in [3.63, 3.8) is 0 Å². The highest BCUT2D eigenvalue weighted by Gasteiger charge is 2.27. The van der Waals surface area contributed by atoms with Gasteiger partial charge in [0.2, 0.25) is 0 Å². The SMILES string of the molecule is CC(C)(C)OC(=O)N1CCNC(Cc2cc(Cl)ccc2Cl)C1. The van der Waals surface area contributed by atoms with Crippen molar-refractivity contribution in [2.75, 3.05) is 19.6 Å². The molecule has 1 saturated heterocycles. The van der Waals surface area contributed by atoms with Crippen LogP contribution in [0.15, 0.2) is 18.2 Å². The molecule has 1 heterocycles. The molecule has 4 nitrogen and oxygen atoms in total. The Hall–Kier alpha value is -0.970. The molecule has 0 spiro atoms. The summed E-state index contributed by atoms with van der Waals surface area (Å²) in [4.78, 5) is 13.9. The van der Waals surface area contributed by atoms with Gasteiger partial charge in [-0.25, -0.2) is 4.79 Å². The molecule has 0 bridgehead atoms. The van der Waals surface area contributed by atoms with Crippen molar-refractivity contribution < 1.29 is 9.53 Å². The van der Waals surface area contributed by atoms with Crippen LogP contribution in [0.3, 0.4) is 0 Å². The first kappa shape index (κ1) is 17.4. The van der Waals surface area contributed by atoms with Crippen molar-refractivity contribution >= 4 is 29.3 Å². The Morgan fingerprint density at radius 1 is 1.41 bits per heavy atom. The van der Waals surface area contributed by atoms with E-state index in [1.165, 1.54) is 0 Å². The molecule has 1 aliphatic heterocycles. The van der Waals surface area contributed by atoms with Gasteiger partial charge in [-0.1, -0.05) is 23.2 Å². The summed E-state index contributed by atoms with van der Waals surface area (Å²) < 4.78 is 5.43. The number of halogens is 2. The van der Waals surface area contributed by atoms with Crippen molar-refractivity contribution in [3.05, 3.63) is 33.8 Å². The predicted molar refractivity (Wildman–Crippen MR) is 89.8 cm³/mol. The molecule has 1 amide bonds. The van der Waals surface area contributed by atoms with Gasteiger partial charge < -0.3 is 15.0 Å². The van der Waals surface area contributed by atoms with Crippen molar-refractivity contribution in [1.82, 2.24) is 10.2 Å². The highest BCUT2D eigenvalue weighted by atomic mass is 35.5. The van der Waals surface area contributed by atoms with Crippen LogP contribution in [0.25, 0.3) is 0 Å². The van der Waals surface area contributed by atoms with E-state index in [0.29, 0.717) is 23.1 Å². The second-order valence-corrected chi connectivity index (χ2v) is 7.36. The fraction of sp³-hybridized carbons (Fsp3) is 0.562. The number of piperazine rings is 1. The van der Waals surface area contributed by atoms with Crippen LogP contribution in [0, 0.1) is 0 Å². The van der Waals surface area contributed by atoms with Crippen LogP contribution in [-0.4, -0.2) is 42.3 Å².